The van der Waals surface area contributed by atoms with Gasteiger partial charge in [0.25, 0.3) is 0 Å². The van der Waals surface area contributed by atoms with E-state index in [9.17, 15) is 5.11 Å². The van der Waals surface area contributed by atoms with E-state index in [1.54, 1.807) is 25.6 Å². The summed E-state index contributed by atoms with van der Waals surface area (Å²) in [7, 11) is 3.28. The number of methoxy groups -OCH3 is 2. The zero-order chi connectivity index (χ0) is 16.2. The molecule has 0 saturated carbocycles. The highest BCUT2D eigenvalue weighted by molar-refractivity contribution is 7.10. The van der Waals surface area contributed by atoms with Crippen molar-refractivity contribution in [3.63, 3.8) is 0 Å². The zero-order valence-electron chi connectivity index (χ0n) is 13.4. The Kier molecular flexibility index (Phi) is 5.45. The van der Waals surface area contributed by atoms with E-state index >= 15 is 0 Å². The van der Waals surface area contributed by atoms with Crippen LogP contribution in [0, 0.1) is 0 Å². The first kappa shape index (κ1) is 16.8. The van der Waals surface area contributed by atoms with Crippen LogP contribution in [0.5, 0.6) is 11.5 Å². The van der Waals surface area contributed by atoms with Crippen LogP contribution in [0.3, 0.4) is 0 Å². The van der Waals surface area contributed by atoms with Crippen LogP contribution in [0.25, 0.3) is 0 Å². The van der Waals surface area contributed by atoms with Crippen LogP contribution in [-0.2, 0) is 5.60 Å². The Morgan fingerprint density at radius 2 is 2.05 bits per heavy atom. The van der Waals surface area contributed by atoms with Gasteiger partial charge in [-0.3, -0.25) is 0 Å². The second kappa shape index (κ2) is 7.13. The highest BCUT2D eigenvalue weighted by atomic mass is 32.1. The Bertz CT molecular complexity index is 596. The molecule has 0 bridgehead atoms. The molecule has 0 aliphatic carbocycles. The molecule has 2 rings (SSSR count). The van der Waals surface area contributed by atoms with Crippen molar-refractivity contribution < 1.29 is 14.6 Å². The van der Waals surface area contributed by atoms with Gasteiger partial charge in [0, 0.05) is 29.1 Å². The van der Waals surface area contributed by atoms with E-state index in [1.807, 2.05) is 42.6 Å². The maximum atomic E-state index is 10.6. The molecule has 22 heavy (non-hydrogen) atoms. The molecule has 4 nitrogen and oxygen atoms in total. The molecule has 2 aromatic rings. The van der Waals surface area contributed by atoms with Crippen LogP contribution in [0.4, 0.5) is 0 Å². The lowest BCUT2D eigenvalue weighted by atomic mass is 10.0. The van der Waals surface area contributed by atoms with E-state index in [-0.39, 0.29) is 6.04 Å². The van der Waals surface area contributed by atoms with Crippen molar-refractivity contribution in [1.82, 2.24) is 5.32 Å². The van der Waals surface area contributed by atoms with Crippen LogP contribution >= 0.6 is 11.3 Å². The van der Waals surface area contributed by atoms with Crippen molar-refractivity contribution in [1.29, 1.82) is 0 Å². The van der Waals surface area contributed by atoms with Crippen molar-refractivity contribution in [2.75, 3.05) is 20.8 Å². The third-order valence-corrected chi connectivity index (χ3v) is 4.83. The first-order chi connectivity index (χ1) is 10.5. The molecular formula is C17H23NO3S. The highest BCUT2D eigenvalue weighted by Gasteiger charge is 2.25. The van der Waals surface area contributed by atoms with Gasteiger partial charge in [0.1, 0.15) is 17.1 Å². The van der Waals surface area contributed by atoms with E-state index < -0.39 is 5.60 Å². The van der Waals surface area contributed by atoms with Crippen LogP contribution in [0.1, 0.15) is 30.3 Å². The maximum Gasteiger partial charge on any atom is 0.127 e. The summed E-state index contributed by atoms with van der Waals surface area (Å²) in [6.45, 7) is 4.34. The number of hydrogen-bond acceptors (Lipinski definition) is 5. The lowest BCUT2D eigenvalue weighted by Gasteiger charge is -2.26. The zero-order valence-corrected chi connectivity index (χ0v) is 14.2. The summed E-state index contributed by atoms with van der Waals surface area (Å²) in [5.74, 6) is 1.54. The van der Waals surface area contributed by atoms with Gasteiger partial charge in [0.15, 0.2) is 0 Å². The minimum atomic E-state index is -0.887. The van der Waals surface area contributed by atoms with Crippen molar-refractivity contribution in [3.05, 3.63) is 46.2 Å². The number of thiophene rings is 1. The van der Waals surface area contributed by atoms with Gasteiger partial charge in [-0.25, -0.2) is 0 Å². The summed E-state index contributed by atoms with van der Waals surface area (Å²) >= 11 is 1.56. The normalized spacial score (nSPS) is 15.1. The molecule has 0 amide bonds. The third kappa shape index (κ3) is 3.80. The van der Waals surface area contributed by atoms with Crippen LogP contribution in [0.2, 0.25) is 0 Å². The second-order valence-corrected chi connectivity index (χ2v) is 6.41. The Morgan fingerprint density at radius 1 is 1.27 bits per heavy atom. The summed E-state index contributed by atoms with van der Waals surface area (Å²) in [4.78, 5) is 0.953. The van der Waals surface area contributed by atoms with E-state index in [1.165, 1.54) is 0 Å². The predicted octanol–water partition coefficient (Wildman–Crippen LogP) is 3.32. The van der Waals surface area contributed by atoms with Crippen molar-refractivity contribution in [2.45, 2.75) is 25.5 Å². The number of nitrogens with one attached hydrogen (secondary N) is 1. The van der Waals surface area contributed by atoms with Crippen LogP contribution in [0.15, 0.2) is 35.7 Å². The molecule has 0 aliphatic rings. The molecule has 5 heteroatoms. The molecule has 0 saturated heterocycles. The molecule has 1 heterocycles. The van der Waals surface area contributed by atoms with Crippen molar-refractivity contribution >= 4 is 11.3 Å². The van der Waals surface area contributed by atoms with Gasteiger partial charge in [-0.1, -0.05) is 12.1 Å². The fraction of sp³-hybridized carbons (Fsp3) is 0.412. The summed E-state index contributed by atoms with van der Waals surface area (Å²) in [5, 5.41) is 15.9. The second-order valence-electron chi connectivity index (χ2n) is 5.46. The molecule has 2 N–H and O–H groups in total. The number of rotatable bonds is 7. The average Bonchev–Trinajstić information content (AvgIpc) is 3.07. The SMILES string of the molecule is COc1ccc([C@@H](C)NC[C@@](C)(O)c2cccs2)c(OC)c1. The quantitative estimate of drug-likeness (QED) is 0.821. The van der Waals surface area contributed by atoms with Crippen molar-refractivity contribution in [2.24, 2.45) is 0 Å². The largest absolute Gasteiger partial charge is 0.497 e. The average molecular weight is 321 g/mol. The molecule has 0 unspecified atom stereocenters. The summed E-state index contributed by atoms with van der Waals surface area (Å²) in [6, 6.07) is 9.70. The highest BCUT2D eigenvalue weighted by Crippen LogP contribution is 2.30. The minimum absolute atomic E-state index is 0.0484. The summed E-state index contributed by atoms with van der Waals surface area (Å²) < 4.78 is 10.6. The van der Waals surface area contributed by atoms with Gasteiger partial charge in [-0.2, -0.15) is 0 Å². The molecule has 1 aromatic carbocycles. The predicted molar refractivity (Wildman–Crippen MR) is 89.9 cm³/mol. The molecule has 0 fully saturated rings. The number of ether oxygens (including phenoxy) is 2. The van der Waals surface area contributed by atoms with Gasteiger partial charge < -0.3 is 19.9 Å². The Hall–Kier alpha value is -1.56. The van der Waals surface area contributed by atoms with Crippen LogP contribution in [-0.4, -0.2) is 25.9 Å². The lowest BCUT2D eigenvalue weighted by molar-refractivity contribution is 0.0580. The van der Waals surface area contributed by atoms with Gasteiger partial charge in [0.2, 0.25) is 0 Å². The standard InChI is InChI=1S/C17H23NO3S/c1-12(14-8-7-13(20-3)10-15(14)21-4)18-11-17(2,19)16-6-5-9-22-16/h5-10,12,18-19H,11H2,1-4H3/t12-,17-/m1/s1. The lowest BCUT2D eigenvalue weighted by Crippen LogP contribution is -2.36. The summed E-state index contributed by atoms with van der Waals surface area (Å²) in [6.07, 6.45) is 0. The smallest absolute Gasteiger partial charge is 0.127 e. The number of hydrogen-bond donors (Lipinski definition) is 2. The third-order valence-electron chi connectivity index (χ3n) is 3.71. The fourth-order valence-corrected chi connectivity index (χ4v) is 3.10. The fourth-order valence-electron chi connectivity index (χ4n) is 2.31. The Labute approximate surface area is 135 Å². The molecule has 120 valence electrons. The number of aliphatic hydroxyl groups is 1. The van der Waals surface area contributed by atoms with E-state index in [2.05, 4.69) is 12.2 Å². The molecule has 0 radical (unpaired) electrons. The van der Waals surface area contributed by atoms with Gasteiger partial charge >= 0.3 is 0 Å². The maximum absolute atomic E-state index is 10.6. The molecule has 0 aliphatic heterocycles. The number of benzene rings is 1. The van der Waals surface area contributed by atoms with E-state index in [0.717, 1.165) is 21.9 Å². The molecule has 2 atom stereocenters. The van der Waals surface area contributed by atoms with Crippen LogP contribution < -0.4 is 14.8 Å². The van der Waals surface area contributed by atoms with Gasteiger partial charge in [0.05, 0.1) is 14.2 Å². The first-order valence-electron chi connectivity index (χ1n) is 7.19. The Morgan fingerprint density at radius 3 is 2.64 bits per heavy atom. The van der Waals surface area contributed by atoms with Gasteiger partial charge in [-0.05, 0) is 31.4 Å². The molecular weight excluding hydrogens is 298 g/mol. The topological polar surface area (TPSA) is 50.7 Å². The van der Waals surface area contributed by atoms with Gasteiger partial charge in [-0.15, -0.1) is 11.3 Å². The minimum Gasteiger partial charge on any atom is -0.497 e. The summed E-state index contributed by atoms with van der Waals surface area (Å²) in [5.41, 5.74) is 0.146. The molecule has 1 aromatic heterocycles. The molecule has 0 spiro atoms. The van der Waals surface area contributed by atoms with E-state index in [0.29, 0.717) is 6.54 Å². The van der Waals surface area contributed by atoms with E-state index in [4.69, 9.17) is 9.47 Å². The first-order valence-corrected chi connectivity index (χ1v) is 8.07. The monoisotopic (exact) mass is 321 g/mol. The van der Waals surface area contributed by atoms with Crippen molar-refractivity contribution in [3.8, 4) is 11.5 Å². The Balaban J connectivity index is 2.08.